The van der Waals surface area contributed by atoms with Gasteiger partial charge in [0.1, 0.15) is 0 Å². The van der Waals surface area contributed by atoms with Crippen LogP contribution in [0.25, 0.3) is 0 Å². The van der Waals surface area contributed by atoms with Crippen LogP contribution in [0.4, 0.5) is 5.69 Å². The van der Waals surface area contributed by atoms with Crippen molar-refractivity contribution in [3.63, 3.8) is 0 Å². The topological polar surface area (TPSA) is 92.4 Å². The van der Waals surface area contributed by atoms with Crippen molar-refractivity contribution in [2.45, 2.75) is 26.3 Å². The zero-order valence-corrected chi connectivity index (χ0v) is 12.4. The lowest BCUT2D eigenvalue weighted by Crippen LogP contribution is -2.41. The second-order valence-electron chi connectivity index (χ2n) is 4.37. The number of carbonyl (C=O) groups excluding carboxylic acids is 1. The van der Waals surface area contributed by atoms with E-state index in [0.29, 0.717) is 4.47 Å². The van der Waals surface area contributed by atoms with Crippen LogP contribution in [0.15, 0.2) is 22.7 Å². The van der Waals surface area contributed by atoms with Crippen LogP contribution in [0, 0.1) is 5.92 Å². The highest BCUT2D eigenvalue weighted by Crippen LogP contribution is 2.27. The smallest absolute Gasteiger partial charge is 0.337 e. The van der Waals surface area contributed by atoms with Crippen LogP contribution in [0.2, 0.25) is 0 Å². The van der Waals surface area contributed by atoms with Crippen molar-refractivity contribution in [1.82, 2.24) is 0 Å². The number of hydrogen-bond acceptors (Lipinski definition) is 3. The summed E-state index contributed by atoms with van der Waals surface area (Å²) >= 11 is 3.23. The van der Waals surface area contributed by atoms with Crippen LogP contribution < -0.4 is 11.1 Å². The summed E-state index contributed by atoms with van der Waals surface area (Å²) in [6, 6.07) is 4.02. The molecule has 19 heavy (non-hydrogen) atoms. The van der Waals surface area contributed by atoms with E-state index in [1.807, 2.05) is 13.8 Å². The Bertz CT molecular complexity index is 491. The maximum absolute atomic E-state index is 12.0. The lowest BCUT2D eigenvalue weighted by molar-refractivity contribution is -0.118. The van der Waals surface area contributed by atoms with E-state index in [2.05, 4.69) is 21.2 Å². The van der Waals surface area contributed by atoms with Gasteiger partial charge in [0.2, 0.25) is 5.91 Å². The third-order valence-corrected chi connectivity index (χ3v) is 3.71. The number of benzene rings is 1. The largest absolute Gasteiger partial charge is 0.478 e. The SMILES string of the molecule is CC[C@H](C)[C@H](N)C(=O)Nc1c(Br)cccc1C(=O)O. The number of anilines is 1. The van der Waals surface area contributed by atoms with Gasteiger partial charge in [0.15, 0.2) is 0 Å². The van der Waals surface area contributed by atoms with Crippen molar-refractivity contribution in [2.24, 2.45) is 11.7 Å². The summed E-state index contributed by atoms with van der Waals surface area (Å²) < 4.78 is 0.511. The molecule has 0 radical (unpaired) electrons. The Morgan fingerprint density at radius 3 is 2.63 bits per heavy atom. The van der Waals surface area contributed by atoms with Crippen molar-refractivity contribution < 1.29 is 14.7 Å². The summed E-state index contributed by atoms with van der Waals surface area (Å²) in [5.41, 5.74) is 6.08. The van der Waals surface area contributed by atoms with Gasteiger partial charge in [-0.2, -0.15) is 0 Å². The highest BCUT2D eigenvalue weighted by molar-refractivity contribution is 9.10. The highest BCUT2D eigenvalue weighted by Gasteiger charge is 2.22. The number of halogens is 1. The standard InChI is InChI=1S/C13H17BrN2O3/c1-3-7(2)10(15)12(17)16-11-8(13(18)19)5-4-6-9(11)14/h4-7,10H,3,15H2,1-2H3,(H,16,17)(H,18,19)/t7-,10-/m0/s1. The van der Waals surface area contributed by atoms with Crippen LogP contribution in [0.5, 0.6) is 0 Å². The Morgan fingerprint density at radius 1 is 1.47 bits per heavy atom. The van der Waals surface area contributed by atoms with Crippen LogP contribution >= 0.6 is 15.9 Å². The van der Waals surface area contributed by atoms with E-state index in [0.717, 1.165) is 6.42 Å². The summed E-state index contributed by atoms with van der Waals surface area (Å²) in [4.78, 5) is 23.1. The van der Waals surface area contributed by atoms with Crippen molar-refractivity contribution >= 4 is 33.5 Å². The first-order valence-electron chi connectivity index (χ1n) is 5.96. The van der Waals surface area contributed by atoms with Gasteiger partial charge in [-0.1, -0.05) is 26.3 Å². The molecular formula is C13H17BrN2O3. The first kappa shape index (κ1) is 15.7. The van der Waals surface area contributed by atoms with E-state index >= 15 is 0 Å². The zero-order chi connectivity index (χ0) is 14.6. The number of carboxylic acid groups (broad SMARTS) is 1. The number of nitrogens with two attached hydrogens (primary N) is 1. The Hall–Kier alpha value is -1.40. The Morgan fingerprint density at radius 2 is 2.11 bits per heavy atom. The summed E-state index contributed by atoms with van der Waals surface area (Å²) in [6.45, 7) is 3.82. The molecular weight excluding hydrogens is 312 g/mol. The first-order valence-corrected chi connectivity index (χ1v) is 6.76. The molecule has 0 aliphatic carbocycles. The Balaban J connectivity index is 2.99. The molecule has 1 rings (SSSR count). The number of rotatable bonds is 5. The number of carboxylic acids is 1. The minimum absolute atomic E-state index is 0.0239. The number of amides is 1. The number of aromatic carboxylic acids is 1. The highest BCUT2D eigenvalue weighted by atomic mass is 79.9. The molecule has 4 N–H and O–H groups in total. The molecule has 5 nitrogen and oxygen atoms in total. The molecule has 0 heterocycles. The molecule has 1 aromatic rings. The lowest BCUT2D eigenvalue weighted by atomic mass is 9.99. The molecule has 0 bridgehead atoms. The molecule has 6 heteroatoms. The fourth-order valence-electron chi connectivity index (χ4n) is 1.55. The van der Waals surface area contributed by atoms with E-state index in [4.69, 9.17) is 10.8 Å². The molecule has 0 fully saturated rings. The van der Waals surface area contributed by atoms with Crippen molar-refractivity contribution in [3.8, 4) is 0 Å². The van der Waals surface area contributed by atoms with Crippen LogP contribution in [0.1, 0.15) is 30.6 Å². The molecule has 0 aromatic heterocycles. The zero-order valence-electron chi connectivity index (χ0n) is 10.8. The van der Waals surface area contributed by atoms with Gasteiger partial charge in [-0.3, -0.25) is 4.79 Å². The van der Waals surface area contributed by atoms with Crippen LogP contribution in [-0.2, 0) is 4.79 Å². The van der Waals surface area contributed by atoms with E-state index in [-0.39, 0.29) is 23.1 Å². The van der Waals surface area contributed by atoms with Crippen molar-refractivity contribution in [3.05, 3.63) is 28.2 Å². The fraction of sp³-hybridized carbons (Fsp3) is 0.385. The summed E-state index contributed by atoms with van der Waals surface area (Å²) in [7, 11) is 0. The van der Waals surface area contributed by atoms with Crippen LogP contribution in [-0.4, -0.2) is 23.0 Å². The molecule has 0 spiro atoms. The van der Waals surface area contributed by atoms with E-state index in [9.17, 15) is 9.59 Å². The van der Waals surface area contributed by atoms with Crippen molar-refractivity contribution in [2.75, 3.05) is 5.32 Å². The van der Waals surface area contributed by atoms with Gasteiger partial charge in [-0.15, -0.1) is 0 Å². The van der Waals surface area contributed by atoms with Gasteiger partial charge >= 0.3 is 5.97 Å². The van der Waals surface area contributed by atoms with Gasteiger partial charge in [0.25, 0.3) is 0 Å². The second kappa shape index (κ2) is 6.68. The van der Waals surface area contributed by atoms with Gasteiger partial charge in [0.05, 0.1) is 17.3 Å². The normalized spacial score (nSPS) is 13.7. The predicted octanol–water partition coefficient (Wildman–Crippen LogP) is 2.46. The minimum Gasteiger partial charge on any atom is -0.478 e. The summed E-state index contributed by atoms with van der Waals surface area (Å²) in [5.74, 6) is -1.46. The maximum atomic E-state index is 12.0. The molecule has 1 amide bonds. The lowest BCUT2D eigenvalue weighted by Gasteiger charge is -2.19. The predicted molar refractivity (Wildman–Crippen MR) is 77.2 cm³/mol. The Labute approximate surface area is 120 Å². The molecule has 0 saturated carbocycles. The first-order chi connectivity index (χ1) is 8.88. The molecule has 0 aliphatic heterocycles. The maximum Gasteiger partial charge on any atom is 0.337 e. The van der Waals surface area contributed by atoms with Crippen LogP contribution in [0.3, 0.4) is 0 Å². The average Bonchev–Trinajstić information content (AvgIpc) is 2.38. The summed E-state index contributed by atoms with van der Waals surface area (Å²) in [6.07, 6.45) is 0.774. The second-order valence-corrected chi connectivity index (χ2v) is 5.22. The molecule has 0 aliphatic rings. The number of nitrogens with one attached hydrogen (secondary N) is 1. The number of para-hydroxylation sites is 1. The fourth-order valence-corrected chi connectivity index (χ4v) is 2.01. The molecule has 104 valence electrons. The number of hydrogen-bond donors (Lipinski definition) is 3. The Kier molecular flexibility index (Phi) is 5.50. The van der Waals surface area contributed by atoms with E-state index < -0.39 is 12.0 Å². The van der Waals surface area contributed by atoms with E-state index in [1.54, 1.807) is 12.1 Å². The van der Waals surface area contributed by atoms with Gasteiger partial charge < -0.3 is 16.2 Å². The van der Waals surface area contributed by atoms with E-state index in [1.165, 1.54) is 6.07 Å². The molecule has 1 aromatic carbocycles. The molecule has 2 atom stereocenters. The summed E-state index contributed by atoms with van der Waals surface area (Å²) in [5, 5.41) is 11.7. The van der Waals surface area contributed by atoms with Crippen molar-refractivity contribution in [1.29, 1.82) is 0 Å². The average molecular weight is 329 g/mol. The number of carbonyl (C=O) groups is 2. The third kappa shape index (κ3) is 3.78. The third-order valence-electron chi connectivity index (χ3n) is 3.05. The monoisotopic (exact) mass is 328 g/mol. The van der Waals surface area contributed by atoms with Gasteiger partial charge in [-0.05, 0) is 34.0 Å². The quantitative estimate of drug-likeness (QED) is 0.774. The molecule has 0 unspecified atom stereocenters. The van der Waals surface area contributed by atoms with Gasteiger partial charge in [-0.25, -0.2) is 4.79 Å². The minimum atomic E-state index is -1.10. The van der Waals surface area contributed by atoms with Gasteiger partial charge in [0, 0.05) is 4.47 Å². The molecule has 0 saturated heterocycles.